The van der Waals surface area contributed by atoms with Crippen molar-refractivity contribution >= 4 is 6.09 Å². The molecule has 1 aromatic rings. The Bertz CT molecular complexity index is 551. The lowest BCUT2D eigenvalue weighted by atomic mass is 10.2. The second kappa shape index (κ2) is 6.29. The van der Waals surface area contributed by atoms with E-state index in [1.54, 1.807) is 20.8 Å². The number of carbonyl (C=O) groups excluding carboxylic acids is 1. The summed E-state index contributed by atoms with van der Waals surface area (Å²) in [4.78, 5) is 11.7. The van der Waals surface area contributed by atoms with Crippen molar-refractivity contribution in [1.82, 2.24) is 10.5 Å². The van der Waals surface area contributed by atoms with Crippen LogP contribution >= 0.6 is 0 Å². The number of amides is 1. The average molecular weight is 336 g/mol. The molecule has 2 rings (SSSR count). The molecule has 2 atom stereocenters. The Morgan fingerprint density at radius 3 is 2.61 bits per heavy atom. The first kappa shape index (κ1) is 17.4. The zero-order chi connectivity index (χ0) is 17.3. The van der Waals surface area contributed by atoms with E-state index in [2.05, 4.69) is 15.0 Å². The van der Waals surface area contributed by atoms with Crippen LogP contribution in [0.1, 0.15) is 45.8 Å². The lowest BCUT2D eigenvalue weighted by Gasteiger charge is -2.21. The number of rotatable bonds is 3. The topological polar surface area (TPSA) is 73.6 Å². The van der Waals surface area contributed by atoms with Gasteiger partial charge in [-0.05, 0) is 38.8 Å². The van der Waals surface area contributed by atoms with Crippen LogP contribution in [0.5, 0.6) is 5.88 Å². The van der Waals surface area contributed by atoms with Crippen LogP contribution < -0.4 is 10.1 Å². The molecule has 0 radical (unpaired) electrons. The maximum Gasteiger partial charge on any atom is 0.452 e. The summed E-state index contributed by atoms with van der Waals surface area (Å²) in [6, 6.07) is 0.568. The molecule has 130 valence electrons. The van der Waals surface area contributed by atoms with E-state index in [-0.39, 0.29) is 18.0 Å². The van der Waals surface area contributed by atoms with Crippen LogP contribution in [0.3, 0.4) is 0 Å². The summed E-state index contributed by atoms with van der Waals surface area (Å²) in [5.41, 5.74) is -0.590. The molecule has 2 unspecified atom stereocenters. The van der Waals surface area contributed by atoms with Crippen molar-refractivity contribution in [2.24, 2.45) is 0 Å². The molecule has 1 aliphatic carbocycles. The van der Waals surface area contributed by atoms with Gasteiger partial charge in [-0.1, -0.05) is 0 Å². The quantitative estimate of drug-likeness (QED) is 0.914. The number of nitrogens with zero attached hydrogens (tertiary/aromatic N) is 1. The monoisotopic (exact) mass is 336 g/mol. The van der Waals surface area contributed by atoms with E-state index in [9.17, 15) is 18.0 Å². The van der Waals surface area contributed by atoms with Crippen molar-refractivity contribution in [3.63, 3.8) is 0 Å². The fourth-order valence-corrected chi connectivity index (χ4v) is 2.27. The van der Waals surface area contributed by atoms with Crippen molar-refractivity contribution in [3.8, 4) is 5.88 Å². The summed E-state index contributed by atoms with van der Waals surface area (Å²) in [5.74, 6) is -1.41. The van der Waals surface area contributed by atoms with Crippen LogP contribution in [-0.4, -0.2) is 29.0 Å². The van der Waals surface area contributed by atoms with Crippen molar-refractivity contribution in [2.75, 3.05) is 0 Å². The molecule has 0 bridgehead atoms. The number of alkyl halides is 3. The van der Waals surface area contributed by atoms with Crippen molar-refractivity contribution in [2.45, 2.75) is 64.0 Å². The van der Waals surface area contributed by atoms with E-state index in [1.165, 1.54) is 0 Å². The van der Waals surface area contributed by atoms with Gasteiger partial charge in [0.2, 0.25) is 5.76 Å². The van der Waals surface area contributed by atoms with Crippen LogP contribution in [-0.2, 0) is 10.9 Å². The van der Waals surface area contributed by atoms with Gasteiger partial charge in [0.1, 0.15) is 11.7 Å². The Labute approximate surface area is 131 Å². The third-order valence-electron chi connectivity index (χ3n) is 3.16. The van der Waals surface area contributed by atoms with Crippen molar-refractivity contribution < 1.29 is 32.0 Å². The van der Waals surface area contributed by atoms with Gasteiger partial charge in [-0.15, -0.1) is 0 Å². The van der Waals surface area contributed by atoms with Crippen LogP contribution in [0.15, 0.2) is 10.6 Å². The molecule has 0 aliphatic heterocycles. The number of nitrogens with one attached hydrogen (secondary N) is 1. The van der Waals surface area contributed by atoms with Crippen LogP contribution in [0, 0.1) is 0 Å². The normalized spacial score (nSPS) is 22.0. The van der Waals surface area contributed by atoms with Gasteiger partial charge in [0, 0.05) is 12.5 Å². The number of halogens is 3. The molecule has 1 fully saturated rings. The molecular formula is C14H19F3N2O4. The lowest BCUT2D eigenvalue weighted by molar-refractivity contribution is -0.155. The van der Waals surface area contributed by atoms with E-state index in [0.717, 1.165) is 0 Å². The smallest absolute Gasteiger partial charge is 0.452 e. The highest BCUT2D eigenvalue weighted by Gasteiger charge is 2.37. The molecule has 1 aliphatic rings. The summed E-state index contributed by atoms with van der Waals surface area (Å²) in [6.07, 6.45) is -3.74. The first-order valence-electron chi connectivity index (χ1n) is 7.23. The number of alkyl carbamates (subject to hydrolysis) is 1. The van der Waals surface area contributed by atoms with E-state index >= 15 is 0 Å². The standard InChI is InChI=1S/C14H19F3N2O4/c1-13(2,3)22-12(20)18-8-4-5-9(6-8)21-11-7-10(23-19-11)14(15,16)17/h7-9H,4-6H2,1-3H3,(H,18,20). The Morgan fingerprint density at radius 1 is 1.35 bits per heavy atom. The summed E-state index contributed by atoms with van der Waals surface area (Å²) in [5, 5.41) is 5.97. The van der Waals surface area contributed by atoms with Gasteiger partial charge in [-0.25, -0.2) is 4.79 Å². The molecule has 1 aromatic heterocycles. The third kappa shape index (κ3) is 5.33. The highest BCUT2D eigenvalue weighted by Crippen LogP contribution is 2.32. The zero-order valence-corrected chi connectivity index (χ0v) is 13.1. The first-order chi connectivity index (χ1) is 10.5. The van der Waals surface area contributed by atoms with Gasteiger partial charge in [0.05, 0.1) is 6.07 Å². The van der Waals surface area contributed by atoms with E-state index < -0.39 is 23.6 Å². The van der Waals surface area contributed by atoms with E-state index in [4.69, 9.17) is 9.47 Å². The number of hydrogen-bond donors (Lipinski definition) is 1. The fourth-order valence-electron chi connectivity index (χ4n) is 2.27. The van der Waals surface area contributed by atoms with Gasteiger partial charge in [-0.2, -0.15) is 13.2 Å². The molecule has 0 saturated heterocycles. The lowest BCUT2D eigenvalue weighted by Crippen LogP contribution is -2.38. The minimum atomic E-state index is -4.59. The highest BCUT2D eigenvalue weighted by atomic mass is 19.4. The fraction of sp³-hybridized carbons (Fsp3) is 0.714. The first-order valence-corrected chi connectivity index (χ1v) is 7.23. The van der Waals surface area contributed by atoms with E-state index in [0.29, 0.717) is 25.3 Å². The predicted molar refractivity (Wildman–Crippen MR) is 72.9 cm³/mol. The number of ether oxygens (including phenoxy) is 2. The molecule has 23 heavy (non-hydrogen) atoms. The summed E-state index contributed by atoms with van der Waals surface area (Å²) in [7, 11) is 0. The SMILES string of the molecule is CC(C)(C)OC(=O)NC1CCC(Oc2cc(C(F)(F)F)on2)C1. The van der Waals surface area contributed by atoms with Crippen LogP contribution in [0.2, 0.25) is 0 Å². The predicted octanol–water partition coefficient (Wildman–Crippen LogP) is 3.52. The number of aromatic nitrogens is 1. The van der Waals surface area contributed by atoms with Crippen molar-refractivity contribution in [1.29, 1.82) is 0 Å². The van der Waals surface area contributed by atoms with E-state index in [1.807, 2.05) is 0 Å². The molecule has 1 N–H and O–H groups in total. The summed E-state index contributed by atoms with van der Waals surface area (Å²) < 4.78 is 51.9. The Kier molecular flexibility index (Phi) is 4.76. The summed E-state index contributed by atoms with van der Waals surface area (Å²) >= 11 is 0. The van der Waals surface area contributed by atoms with Crippen molar-refractivity contribution in [3.05, 3.63) is 11.8 Å². The highest BCUT2D eigenvalue weighted by molar-refractivity contribution is 5.68. The Balaban J connectivity index is 1.81. The van der Waals surface area contributed by atoms with Gasteiger partial charge in [-0.3, -0.25) is 0 Å². The molecule has 1 saturated carbocycles. The minimum Gasteiger partial charge on any atom is -0.472 e. The largest absolute Gasteiger partial charge is 0.472 e. The molecule has 0 spiro atoms. The maximum absolute atomic E-state index is 12.4. The number of carbonyl (C=O) groups is 1. The average Bonchev–Trinajstić information content (AvgIpc) is 2.96. The zero-order valence-electron chi connectivity index (χ0n) is 13.1. The van der Waals surface area contributed by atoms with Gasteiger partial charge >= 0.3 is 12.3 Å². The molecular weight excluding hydrogens is 317 g/mol. The number of hydrogen-bond acceptors (Lipinski definition) is 5. The van der Waals surface area contributed by atoms with Gasteiger partial charge in [0.15, 0.2) is 0 Å². The van der Waals surface area contributed by atoms with Crippen LogP contribution in [0.4, 0.5) is 18.0 Å². The van der Waals surface area contributed by atoms with Crippen LogP contribution in [0.25, 0.3) is 0 Å². The third-order valence-corrected chi connectivity index (χ3v) is 3.16. The summed E-state index contributed by atoms with van der Waals surface area (Å²) in [6.45, 7) is 5.28. The van der Waals surface area contributed by atoms with Gasteiger partial charge in [0.25, 0.3) is 5.88 Å². The Hall–Kier alpha value is -1.93. The second-order valence-corrected chi connectivity index (χ2v) is 6.42. The van der Waals surface area contributed by atoms with Gasteiger partial charge < -0.3 is 19.3 Å². The second-order valence-electron chi connectivity index (χ2n) is 6.42. The minimum absolute atomic E-state index is 0.149. The molecule has 9 heteroatoms. The Morgan fingerprint density at radius 2 is 2.04 bits per heavy atom. The molecule has 0 aromatic carbocycles. The molecule has 1 amide bonds. The molecule has 6 nitrogen and oxygen atoms in total. The maximum atomic E-state index is 12.4. The molecule has 1 heterocycles.